The maximum atomic E-state index is 15.0. The fraction of sp³-hybridized carbons (Fsp3) is 0.269. The summed E-state index contributed by atoms with van der Waals surface area (Å²) >= 11 is 1.36. The van der Waals surface area contributed by atoms with E-state index < -0.39 is 6.16 Å². The molecule has 9 heteroatoms. The largest absolute Gasteiger partial charge is 0.506 e. The Bertz CT molecular complexity index is 1430. The van der Waals surface area contributed by atoms with Gasteiger partial charge in [-0.3, -0.25) is 4.90 Å². The van der Waals surface area contributed by atoms with E-state index in [0.29, 0.717) is 30.2 Å². The van der Waals surface area contributed by atoms with E-state index in [4.69, 9.17) is 14.8 Å². The first kappa shape index (κ1) is 22.1. The number of hydrogen-bond acceptors (Lipinski definition) is 6. The van der Waals surface area contributed by atoms with Crippen LogP contribution < -0.4 is 0 Å². The number of nitrogens with zero attached hydrogens (tertiary/aromatic N) is 3. The Balaban J connectivity index is 1.21. The van der Waals surface area contributed by atoms with Crippen molar-refractivity contribution in [3.63, 3.8) is 0 Å². The number of likely N-dealkylation sites (tertiary alicyclic amines) is 1. The van der Waals surface area contributed by atoms with E-state index in [1.165, 1.54) is 29.5 Å². The molecule has 178 valence electrons. The number of thiazole rings is 1. The minimum atomic E-state index is -1.27. The molecule has 0 unspecified atom stereocenters. The molecule has 6 rings (SSSR count). The van der Waals surface area contributed by atoms with Crippen LogP contribution in [0.5, 0.6) is 0 Å². The summed E-state index contributed by atoms with van der Waals surface area (Å²) < 4.78 is 33.1. The zero-order chi connectivity index (χ0) is 24.2. The van der Waals surface area contributed by atoms with Crippen molar-refractivity contribution in [3.8, 4) is 10.6 Å². The predicted molar refractivity (Wildman–Crippen MR) is 127 cm³/mol. The molecule has 6 nitrogen and oxygen atoms in total. The van der Waals surface area contributed by atoms with Crippen molar-refractivity contribution in [1.29, 1.82) is 0 Å². The van der Waals surface area contributed by atoms with Gasteiger partial charge in [-0.05, 0) is 60.4 Å². The van der Waals surface area contributed by atoms with Crippen LogP contribution >= 0.6 is 11.3 Å². The summed E-state index contributed by atoms with van der Waals surface area (Å²) in [5, 5.41) is 9.23. The molecule has 0 amide bonds. The lowest BCUT2D eigenvalue weighted by molar-refractivity contribution is -0.0363. The highest BCUT2D eigenvalue weighted by atomic mass is 32.1. The van der Waals surface area contributed by atoms with Crippen molar-refractivity contribution in [2.45, 2.75) is 30.9 Å². The maximum absolute atomic E-state index is 15.0. The molecule has 0 spiro atoms. The Morgan fingerprint density at radius 1 is 1.09 bits per heavy atom. The van der Waals surface area contributed by atoms with Crippen LogP contribution in [0, 0.1) is 11.6 Å². The van der Waals surface area contributed by atoms with Gasteiger partial charge in [0.05, 0.1) is 5.69 Å². The molecule has 1 saturated carbocycles. The zero-order valence-electron chi connectivity index (χ0n) is 18.6. The molecular weight excluding hydrogens is 472 g/mol. The molecule has 1 aliphatic carbocycles. The summed E-state index contributed by atoms with van der Waals surface area (Å²) in [5.41, 5.74) is 3.74. The Labute approximate surface area is 203 Å². The molecule has 0 bridgehead atoms. The molecule has 1 N–H and O–H groups in total. The van der Waals surface area contributed by atoms with E-state index in [1.54, 1.807) is 6.07 Å². The highest BCUT2D eigenvalue weighted by Gasteiger charge is 2.47. The van der Waals surface area contributed by atoms with Crippen molar-refractivity contribution in [2.75, 3.05) is 13.1 Å². The van der Waals surface area contributed by atoms with Crippen LogP contribution in [0.3, 0.4) is 0 Å². The highest BCUT2D eigenvalue weighted by molar-refractivity contribution is 7.21. The minimum Gasteiger partial charge on any atom is -0.450 e. The third-order valence-corrected chi connectivity index (χ3v) is 7.75. The van der Waals surface area contributed by atoms with Crippen LogP contribution in [0.15, 0.2) is 54.6 Å². The second-order valence-corrected chi connectivity index (χ2v) is 10.1. The predicted octanol–water partition coefficient (Wildman–Crippen LogP) is 5.60. The molecule has 0 atom stereocenters. The number of halogens is 2. The third-order valence-electron chi connectivity index (χ3n) is 6.75. The third kappa shape index (κ3) is 4.15. The molecule has 2 fully saturated rings. The minimum absolute atomic E-state index is 0.190. The second-order valence-electron chi connectivity index (χ2n) is 9.14. The first-order chi connectivity index (χ1) is 16.9. The molecule has 2 aromatic heterocycles. The lowest BCUT2D eigenvalue weighted by Gasteiger charge is -2.37. The van der Waals surface area contributed by atoms with Crippen LogP contribution in [-0.4, -0.2) is 45.3 Å². The van der Waals surface area contributed by atoms with Gasteiger partial charge in [-0.15, -0.1) is 0 Å². The first-order valence-electron chi connectivity index (χ1n) is 11.3. The molecule has 2 aliphatic rings. The van der Waals surface area contributed by atoms with Crippen LogP contribution in [0.4, 0.5) is 13.6 Å². The molecule has 3 heterocycles. The zero-order valence-corrected chi connectivity index (χ0v) is 19.4. The highest BCUT2D eigenvalue weighted by Crippen LogP contribution is 2.53. The number of carboxylic acid groups (broad SMARTS) is 1. The fourth-order valence-corrected chi connectivity index (χ4v) is 5.71. The van der Waals surface area contributed by atoms with Crippen LogP contribution in [0.1, 0.15) is 29.7 Å². The summed E-state index contributed by atoms with van der Waals surface area (Å²) in [5.74, 6) is -0.611. The lowest BCUT2D eigenvalue weighted by Crippen LogP contribution is -2.52. The van der Waals surface area contributed by atoms with Gasteiger partial charge in [-0.2, -0.15) is 0 Å². The number of fused-ring (bicyclic) bond motifs is 1. The number of benzene rings is 2. The summed E-state index contributed by atoms with van der Waals surface area (Å²) in [6, 6.07) is 15.6. The van der Waals surface area contributed by atoms with E-state index in [9.17, 15) is 9.18 Å². The first-order valence-corrected chi connectivity index (χ1v) is 12.2. The molecule has 1 saturated heterocycles. The molecule has 0 radical (unpaired) electrons. The Morgan fingerprint density at radius 2 is 1.86 bits per heavy atom. The van der Waals surface area contributed by atoms with E-state index in [1.807, 2.05) is 35.2 Å². The Kier molecular flexibility index (Phi) is 5.26. The summed E-state index contributed by atoms with van der Waals surface area (Å²) in [6.45, 7) is 1.52. The van der Waals surface area contributed by atoms with E-state index >= 15 is 4.39 Å². The summed E-state index contributed by atoms with van der Waals surface area (Å²) in [6.07, 6.45) is 0.317. The van der Waals surface area contributed by atoms with E-state index in [0.717, 1.165) is 40.0 Å². The van der Waals surface area contributed by atoms with Gasteiger partial charge in [-0.1, -0.05) is 29.5 Å². The average Bonchev–Trinajstić information content (AvgIpc) is 3.50. The van der Waals surface area contributed by atoms with E-state index in [2.05, 4.69) is 4.98 Å². The number of carbonyl (C=O) groups is 1. The summed E-state index contributed by atoms with van der Waals surface area (Å²) in [4.78, 5) is 22.8. The summed E-state index contributed by atoms with van der Waals surface area (Å²) in [7, 11) is 0. The maximum Gasteiger partial charge on any atom is 0.506 e. The molecule has 35 heavy (non-hydrogen) atoms. The van der Waals surface area contributed by atoms with Crippen LogP contribution in [0.2, 0.25) is 0 Å². The van der Waals surface area contributed by atoms with E-state index in [-0.39, 0.29) is 23.2 Å². The smallest absolute Gasteiger partial charge is 0.450 e. The number of aromatic nitrogens is 2. The van der Waals surface area contributed by atoms with Gasteiger partial charge in [0.15, 0.2) is 0 Å². The number of rotatable bonds is 6. The van der Waals surface area contributed by atoms with Crippen LogP contribution in [-0.2, 0) is 16.7 Å². The fourth-order valence-electron chi connectivity index (χ4n) is 4.74. The second kappa shape index (κ2) is 8.35. The van der Waals surface area contributed by atoms with Gasteiger partial charge in [-0.25, -0.2) is 23.5 Å². The van der Waals surface area contributed by atoms with Crippen molar-refractivity contribution in [1.82, 2.24) is 14.9 Å². The Morgan fingerprint density at radius 3 is 2.54 bits per heavy atom. The average molecular weight is 494 g/mol. The lowest BCUT2D eigenvalue weighted by atomic mass is 9.92. The van der Waals surface area contributed by atoms with Gasteiger partial charge in [0.2, 0.25) is 0 Å². The van der Waals surface area contributed by atoms with Gasteiger partial charge in [0.25, 0.3) is 0 Å². The molecule has 4 aromatic rings. The normalized spacial score (nSPS) is 17.3. The Hall–Kier alpha value is -3.43. The monoisotopic (exact) mass is 493 g/mol. The number of hydrogen-bond donors (Lipinski definition) is 1. The molecular formula is C26H21F2N3O3S. The number of pyridine rings is 1. The van der Waals surface area contributed by atoms with Gasteiger partial charge < -0.3 is 9.84 Å². The standard InChI is InChI=1S/C26H21F2N3O3S/c27-17-4-2-16(3-5-17)26(9-10-26)22-8-7-21-24(30-22)35-23(29-21)19-6-1-15(11-20(19)28)12-31-13-18(14-31)34-25(32)33/h1-8,11,18H,9-10,12-14H2,(H,32,33). The van der Waals surface area contributed by atoms with Crippen molar-refractivity contribution < 1.29 is 23.4 Å². The van der Waals surface area contributed by atoms with Crippen molar-refractivity contribution in [2.24, 2.45) is 0 Å². The van der Waals surface area contributed by atoms with Gasteiger partial charge in [0.1, 0.15) is 33.1 Å². The van der Waals surface area contributed by atoms with Gasteiger partial charge in [0, 0.05) is 30.6 Å². The number of ether oxygens (including phenoxy) is 1. The topological polar surface area (TPSA) is 75.6 Å². The quantitative estimate of drug-likeness (QED) is 0.353. The molecule has 1 aliphatic heterocycles. The SMILES string of the molecule is O=C(O)OC1CN(Cc2ccc(-c3nc4ccc(C5(c6ccc(F)cc6)CC5)nc4s3)c(F)c2)C1. The van der Waals surface area contributed by atoms with Crippen molar-refractivity contribution >= 4 is 27.8 Å². The van der Waals surface area contributed by atoms with Crippen molar-refractivity contribution in [3.05, 3.63) is 83.1 Å². The molecule has 2 aromatic carbocycles. The van der Waals surface area contributed by atoms with Crippen LogP contribution in [0.25, 0.3) is 20.9 Å². The van der Waals surface area contributed by atoms with Gasteiger partial charge >= 0.3 is 6.16 Å².